The number of hydrogen-bond donors (Lipinski definition) is 2. The summed E-state index contributed by atoms with van der Waals surface area (Å²) >= 11 is 0. The van der Waals surface area contributed by atoms with Gasteiger partial charge in [0.1, 0.15) is 5.82 Å². The van der Waals surface area contributed by atoms with Gasteiger partial charge in [0.25, 0.3) is 0 Å². The Labute approximate surface area is 103 Å². The Hall–Kier alpha value is -1.95. The highest BCUT2D eigenvalue weighted by Crippen LogP contribution is 2.20. The number of halogens is 1. The fraction of sp³-hybridized carbons (Fsp3) is 0.333. The van der Waals surface area contributed by atoms with Crippen molar-refractivity contribution in [1.29, 1.82) is 0 Å². The van der Waals surface area contributed by atoms with Crippen molar-refractivity contribution in [2.45, 2.75) is 25.4 Å². The molecule has 1 saturated carbocycles. The van der Waals surface area contributed by atoms with Gasteiger partial charge in [-0.1, -0.05) is 5.10 Å². The van der Waals surface area contributed by atoms with Crippen molar-refractivity contribution >= 4 is 11.7 Å². The normalized spacial score (nSPS) is 14.7. The molecule has 0 aliphatic heterocycles. The maximum atomic E-state index is 12.7. The molecule has 0 saturated heterocycles. The first-order valence-corrected chi connectivity index (χ1v) is 5.88. The Morgan fingerprint density at radius 1 is 1.22 bits per heavy atom. The highest BCUT2D eigenvalue weighted by atomic mass is 19.1. The van der Waals surface area contributed by atoms with Crippen LogP contribution in [0, 0.1) is 5.82 Å². The summed E-state index contributed by atoms with van der Waals surface area (Å²) < 4.78 is 18.1. The van der Waals surface area contributed by atoms with Crippen LogP contribution in [0.5, 0.6) is 0 Å². The van der Waals surface area contributed by atoms with Gasteiger partial charge in [0.2, 0.25) is 5.89 Å². The highest BCUT2D eigenvalue weighted by Gasteiger charge is 2.21. The van der Waals surface area contributed by atoms with Gasteiger partial charge in [-0.15, -0.1) is 5.10 Å². The van der Waals surface area contributed by atoms with Crippen LogP contribution in [-0.4, -0.2) is 16.2 Å². The van der Waals surface area contributed by atoms with Gasteiger partial charge in [0, 0.05) is 11.7 Å². The molecule has 1 fully saturated rings. The fourth-order valence-electron chi connectivity index (χ4n) is 1.55. The van der Waals surface area contributed by atoms with Crippen LogP contribution in [0.4, 0.5) is 16.1 Å². The molecular weight excluding hydrogens is 235 g/mol. The second-order valence-corrected chi connectivity index (χ2v) is 4.29. The first-order chi connectivity index (χ1) is 8.79. The first kappa shape index (κ1) is 11.2. The molecule has 0 spiro atoms. The second-order valence-electron chi connectivity index (χ2n) is 4.29. The lowest BCUT2D eigenvalue weighted by Gasteiger charge is -2.00. The second kappa shape index (κ2) is 4.73. The maximum absolute atomic E-state index is 12.7. The van der Waals surface area contributed by atoms with E-state index in [9.17, 15) is 4.39 Å². The summed E-state index contributed by atoms with van der Waals surface area (Å²) in [6.07, 6.45) is 2.43. The predicted octanol–water partition coefficient (Wildman–Crippen LogP) is 2.20. The predicted molar refractivity (Wildman–Crippen MR) is 63.8 cm³/mol. The van der Waals surface area contributed by atoms with Crippen molar-refractivity contribution in [1.82, 2.24) is 15.5 Å². The maximum Gasteiger partial charge on any atom is 0.320 e. The topological polar surface area (TPSA) is 63.0 Å². The molecule has 6 heteroatoms. The summed E-state index contributed by atoms with van der Waals surface area (Å²) in [5, 5.41) is 14.0. The van der Waals surface area contributed by atoms with E-state index in [1.54, 1.807) is 12.1 Å². The van der Waals surface area contributed by atoms with Gasteiger partial charge in [0.15, 0.2) is 0 Å². The van der Waals surface area contributed by atoms with Gasteiger partial charge in [-0.2, -0.15) is 0 Å². The van der Waals surface area contributed by atoms with Crippen molar-refractivity contribution in [2.24, 2.45) is 0 Å². The standard InChI is InChI=1S/C12H13FN4O/c13-8-1-3-10(4-2-8)15-12-17-16-11(18-12)7-14-9-5-6-9/h1-4,9,14H,5-7H2,(H,15,17). The third kappa shape index (κ3) is 2.84. The third-order valence-electron chi connectivity index (χ3n) is 2.68. The van der Waals surface area contributed by atoms with Crippen molar-refractivity contribution in [3.8, 4) is 0 Å². The molecule has 1 aliphatic rings. The van der Waals surface area contributed by atoms with Crippen LogP contribution < -0.4 is 10.6 Å². The third-order valence-corrected chi connectivity index (χ3v) is 2.68. The quantitative estimate of drug-likeness (QED) is 0.849. The van der Waals surface area contributed by atoms with Crippen LogP contribution in [0.1, 0.15) is 18.7 Å². The largest absolute Gasteiger partial charge is 0.406 e. The van der Waals surface area contributed by atoms with Gasteiger partial charge in [-0.25, -0.2) is 4.39 Å². The molecule has 0 atom stereocenters. The number of benzene rings is 1. The van der Waals surface area contributed by atoms with Crippen molar-refractivity contribution in [3.63, 3.8) is 0 Å². The lowest BCUT2D eigenvalue weighted by atomic mass is 10.3. The molecule has 18 heavy (non-hydrogen) atoms. The minimum atomic E-state index is -0.277. The molecule has 5 nitrogen and oxygen atoms in total. The smallest absolute Gasteiger partial charge is 0.320 e. The number of hydrogen-bond acceptors (Lipinski definition) is 5. The SMILES string of the molecule is Fc1ccc(Nc2nnc(CNC3CC3)o2)cc1. The highest BCUT2D eigenvalue weighted by molar-refractivity contribution is 5.51. The zero-order valence-electron chi connectivity index (χ0n) is 9.69. The average molecular weight is 248 g/mol. The molecule has 2 N–H and O–H groups in total. The Kier molecular flexibility index (Phi) is 2.93. The molecule has 0 bridgehead atoms. The number of aromatic nitrogens is 2. The fourth-order valence-corrected chi connectivity index (χ4v) is 1.55. The molecule has 94 valence electrons. The summed E-state index contributed by atoms with van der Waals surface area (Å²) in [5.41, 5.74) is 0.710. The van der Waals surface area contributed by atoms with Crippen LogP contribution in [0.15, 0.2) is 28.7 Å². The zero-order valence-corrected chi connectivity index (χ0v) is 9.69. The van der Waals surface area contributed by atoms with Crippen molar-refractivity contribution in [3.05, 3.63) is 36.0 Å². The number of anilines is 2. The molecule has 0 unspecified atom stereocenters. The zero-order chi connectivity index (χ0) is 12.4. The average Bonchev–Trinajstić information content (AvgIpc) is 3.10. The van der Waals surface area contributed by atoms with Crippen LogP contribution >= 0.6 is 0 Å². The van der Waals surface area contributed by atoms with E-state index < -0.39 is 0 Å². The molecule has 0 amide bonds. The van der Waals surface area contributed by atoms with Gasteiger partial charge in [0.05, 0.1) is 6.54 Å². The van der Waals surface area contributed by atoms with Crippen molar-refractivity contribution in [2.75, 3.05) is 5.32 Å². The summed E-state index contributed by atoms with van der Waals surface area (Å²) in [7, 11) is 0. The Bertz CT molecular complexity index is 521. The molecule has 2 aromatic rings. The Morgan fingerprint density at radius 2 is 2.00 bits per heavy atom. The minimum Gasteiger partial charge on any atom is -0.406 e. The van der Waals surface area contributed by atoms with E-state index in [0.717, 1.165) is 0 Å². The Morgan fingerprint density at radius 3 is 2.72 bits per heavy atom. The van der Waals surface area contributed by atoms with Crippen LogP contribution in [-0.2, 0) is 6.54 Å². The molecule has 1 aliphatic carbocycles. The summed E-state index contributed by atoms with van der Waals surface area (Å²) in [6.45, 7) is 0.586. The van der Waals surface area contributed by atoms with E-state index in [1.165, 1.54) is 25.0 Å². The monoisotopic (exact) mass is 248 g/mol. The number of nitrogens with zero attached hydrogens (tertiary/aromatic N) is 2. The van der Waals surface area contributed by atoms with Gasteiger partial charge < -0.3 is 15.1 Å². The summed E-state index contributed by atoms with van der Waals surface area (Å²) in [5.74, 6) is 0.270. The van der Waals surface area contributed by atoms with Gasteiger partial charge in [-0.3, -0.25) is 0 Å². The molecule has 1 aromatic heterocycles. The molecule has 1 heterocycles. The van der Waals surface area contributed by atoms with E-state index in [0.29, 0.717) is 30.2 Å². The lowest BCUT2D eigenvalue weighted by molar-refractivity contribution is 0.478. The summed E-state index contributed by atoms with van der Waals surface area (Å²) in [4.78, 5) is 0. The van der Waals surface area contributed by atoms with Gasteiger partial charge >= 0.3 is 6.01 Å². The number of nitrogens with one attached hydrogen (secondary N) is 2. The lowest BCUT2D eigenvalue weighted by Crippen LogP contribution is -2.15. The number of rotatable bonds is 5. The van der Waals surface area contributed by atoms with E-state index in [4.69, 9.17) is 4.42 Å². The van der Waals surface area contributed by atoms with Crippen LogP contribution in [0.3, 0.4) is 0 Å². The molecule has 0 radical (unpaired) electrons. The Balaban J connectivity index is 1.60. The van der Waals surface area contributed by atoms with E-state index in [2.05, 4.69) is 20.8 Å². The summed E-state index contributed by atoms with van der Waals surface area (Å²) in [6, 6.07) is 6.88. The molecular formula is C12H13FN4O. The first-order valence-electron chi connectivity index (χ1n) is 5.88. The van der Waals surface area contributed by atoms with Gasteiger partial charge in [-0.05, 0) is 37.1 Å². The molecule has 3 rings (SSSR count). The van der Waals surface area contributed by atoms with E-state index in [-0.39, 0.29) is 5.82 Å². The van der Waals surface area contributed by atoms with E-state index in [1.807, 2.05) is 0 Å². The van der Waals surface area contributed by atoms with E-state index >= 15 is 0 Å². The van der Waals surface area contributed by atoms with Crippen LogP contribution in [0.2, 0.25) is 0 Å². The molecule has 1 aromatic carbocycles. The minimum absolute atomic E-state index is 0.277. The van der Waals surface area contributed by atoms with Crippen molar-refractivity contribution < 1.29 is 8.81 Å². The van der Waals surface area contributed by atoms with Crippen LogP contribution in [0.25, 0.3) is 0 Å².